The molecule has 0 saturated heterocycles. The van der Waals surface area contributed by atoms with Gasteiger partial charge in [-0.3, -0.25) is 0 Å². The maximum atomic E-state index is 13.4. The highest BCUT2D eigenvalue weighted by Crippen LogP contribution is 2.28. The van der Waals surface area contributed by atoms with Crippen molar-refractivity contribution >= 4 is 11.6 Å². The molecule has 0 amide bonds. The van der Waals surface area contributed by atoms with Gasteiger partial charge in [0.15, 0.2) is 0 Å². The van der Waals surface area contributed by atoms with Crippen LogP contribution in [0.4, 0.5) is 4.39 Å². The second kappa shape index (κ2) is 5.51. The summed E-state index contributed by atoms with van der Waals surface area (Å²) in [6, 6.07) is 10.8. The zero-order valence-corrected chi connectivity index (χ0v) is 11.2. The predicted octanol–water partition coefficient (Wildman–Crippen LogP) is 4.17. The Labute approximate surface area is 112 Å². The van der Waals surface area contributed by atoms with Crippen LogP contribution in [0.3, 0.4) is 0 Å². The Bertz CT molecular complexity index is 546. The monoisotopic (exact) mass is 263 g/mol. The number of hydrogen-bond acceptors (Lipinski definition) is 1. The quantitative estimate of drug-likeness (QED) is 0.876. The normalized spacial score (nSPS) is 10.7. The average Bonchev–Trinajstić information content (AvgIpc) is 2.30. The molecule has 1 nitrogen and oxygen atoms in total. The van der Waals surface area contributed by atoms with Crippen LogP contribution >= 0.6 is 11.6 Å². The smallest absolute Gasteiger partial charge is 0.125 e. The van der Waals surface area contributed by atoms with E-state index in [1.807, 2.05) is 20.0 Å². The van der Waals surface area contributed by atoms with Crippen LogP contribution in [0, 0.1) is 12.7 Å². The maximum Gasteiger partial charge on any atom is 0.125 e. The lowest BCUT2D eigenvalue weighted by atomic mass is 9.98. The highest BCUT2D eigenvalue weighted by molar-refractivity contribution is 6.30. The zero-order chi connectivity index (χ0) is 13.1. The van der Waals surface area contributed by atoms with Crippen LogP contribution in [0.5, 0.6) is 0 Å². The van der Waals surface area contributed by atoms with Gasteiger partial charge in [0.05, 0.1) is 0 Å². The number of hydrogen-bond donors (Lipinski definition) is 1. The van der Waals surface area contributed by atoms with E-state index in [9.17, 15) is 4.39 Å². The fraction of sp³-hybridized carbons (Fsp3) is 0.200. The van der Waals surface area contributed by atoms with Gasteiger partial charge in [-0.05, 0) is 60.5 Å². The fourth-order valence-electron chi connectivity index (χ4n) is 2.00. The third-order valence-corrected chi connectivity index (χ3v) is 3.07. The number of aryl methyl sites for hydroxylation is 1. The van der Waals surface area contributed by atoms with E-state index in [-0.39, 0.29) is 5.82 Å². The van der Waals surface area contributed by atoms with E-state index >= 15 is 0 Å². The lowest BCUT2D eigenvalue weighted by Gasteiger charge is -2.10. The molecule has 0 bridgehead atoms. The van der Waals surface area contributed by atoms with Gasteiger partial charge < -0.3 is 5.32 Å². The SMILES string of the molecule is CNCc1ccc(C)c(-c2cc(F)cc(Cl)c2)c1. The number of nitrogens with one attached hydrogen (secondary N) is 1. The molecular formula is C15H15ClFN. The molecule has 0 aliphatic rings. The van der Waals surface area contributed by atoms with Crippen molar-refractivity contribution < 1.29 is 4.39 Å². The third-order valence-electron chi connectivity index (χ3n) is 2.86. The largest absolute Gasteiger partial charge is 0.316 e. The molecule has 0 radical (unpaired) electrons. The standard InChI is InChI=1S/C15H15ClFN/c1-10-3-4-11(9-18-2)5-15(10)12-6-13(16)8-14(17)7-12/h3-8,18H,9H2,1-2H3. The molecule has 0 saturated carbocycles. The van der Waals surface area contributed by atoms with Gasteiger partial charge in [-0.2, -0.15) is 0 Å². The number of rotatable bonds is 3. The topological polar surface area (TPSA) is 12.0 Å². The first-order valence-electron chi connectivity index (χ1n) is 5.81. The summed E-state index contributed by atoms with van der Waals surface area (Å²) in [5, 5.41) is 3.52. The van der Waals surface area contributed by atoms with E-state index in [1.54, 1.807) is 6.07 Å². The van der Waals surface area contributed by atoms with Crippen molar-refractivity contribution in [1.29, 1.82) is 0 Å². The van der Waals surface area contributed by atoms with E-state index in [0.29, 0.717) is 5.02 Å². The van der Waals surface area contributed by atoms with Crippen molar-refractivity contribution in [3.63, 3.8) is 0 Å². The lowest BCUT2D eigenvalue weighted by molar-refractivity contribution is 0.628. The molecule has 0 aliphatic carbocycles. The summed E-state index contributed by atoms with van der Waals surface area (Å²) >= 11 is 5.90. The minimum absolute atomic E-state index is 0.309. The Hall–Kier alpha value is -1.38. The van der Waals surface area contributed by atoms with Gasteiger partial charge in [0.25, 0.3) is 0 Å². The van der Waals surface area contributed by atoms with Crippen molar-refractivity contribution in [1.82, 2.24) is 5.32 Å². The third kappa shape index (κ3) is 2.89. The number of halogens is 2. The van der Waals surface area contributed by atoms with Gasteiger partial charge >= 0.3 is 0 Å². The predicted molar refractivity (Wildman–Crippen MR) is 74.3 cm³/mol. The Morgan fingerprint density at radius 3 is 2.61 bits per heavy atom. The molecule has 0 fully saturated rings. The Morgan fingerprint density at radius 2 is 1.94 bits per heavy atom. The molecule has 0 heterocycles. The molecule has 3 heteroatoms. The first-order chi connectivity index (χ1) is 8.60. The van der Waals surface area contributed by atoms with Crippen LogP contribution < -0.4 is 5.32 Å². The summed E-state index contributed by atoms with van der Waals surface area (Å²) in [6.07, 6.45) is 0. The van der Waals surface area contributed by atoms with Gasteiger partial charge in [0.1, 0.15) is 5.82 Å². The summed E-state index contributed by atoms with van der Waals surface area (Å²) in [5.74, 6) is -0.309. The van der Waals surface area contributed by atoms with Gasteiger partial charge in [-0.1, -0.05) is 23.7 Å². The van der Waals surface area contributed by atoms with Crippen LogP contribution in [0.2, 0.25) is 5.02 Å². The van der Waals surface area contributed by atoms with Crippen LogP contribution in [-0.4, -0.2) is 7.05 Å². The van der Waals surface area contributed by atoms with Gasteiger partial charge in [0.2, 0.25) is 0 Å². The van der Waals surface area contributed by atoms with Crippen molar-refractivity contribution in [2.75, 3.05) is 7.05 Å². The van der Waals surface area contributed by atoms with Crippen LogP contribution in [0.15, 0.2) is 36.4 Å². The van der Waals surface area contributed by atoms with Crippen molar-refractivity contribution in [3.8, 4) is 11.1 Å². The summed E-state index contributed by atoms with van der Waals surface area (Å²) in [4.78, 5) is 0. The van der Waals surface area contributed by atoms with E-state index in [1.165, 1.54) is 17.7 Å². The van der Waals surface area contributed by atoms with Gasteiger partial charge in [-0.15, -0.1) is 0 Å². The molecule has 2 aromatic rings. The summed E-state index contributed by atoms with van der Waals surface area (Å²) in [5.41, 5.74) is 4.11. The highest BCUT2D eigenvalue weighted by atomic mass is 35.5. The van der Waals surface area contributed by atoms with Gasteiger partial charge in [0, 0.05) is 11.6 Å². The van der Waals surface area contributed by atoms with Crippen molar-refractivity contribution in [3.05, 3.63) is 58.4 Å². The lowest BCUT2D eigenvalue weighted by Crippen LogP contribution is -2.05. The van der Waals surface area contributed by atoms with E-state index in [0.717, 1.165) is 23.2 Å². The molecule has 0 atom stereocenters. The Morgan fingerprint density at radius 1 is 1.17 bits per heavy atom. The minimum atomic E-state index is -0.309. The molecule has 2 rings (SSSR count). The average molecular weight is 264 g/mol. The van der Waals surface area contributed by atoms with Crippen LogP contribution in [0.25, 0.3) is 11.1 Å². The molecular weight excluding hydrogens is 249 g/mol. The molecule has 94 valence electrons. The Balaban J connectivity index is 2.51. The summed E-state index contributed by atoms with van der Waals surface area (Å²) in [6.45, 7) is 2.80. The highest BCUT2D eigenvalue weighted by Gasteiger charge is 2.06. The first kappa shape index (κ1) is 13.1. The zero-order valence-electron chi connectivity index (χ0n) is 10.4. The minimum Gasteiger partial charge on any atom is -0.316 e. The van der Waals surface area contributed by atoms with Gasteiger partial charge in [-0.25, -0.2) is 4.39 Å². The van der Waals surface area contributed by atoms with E-state index in [4.69, 9.17) is 11.6 Å². The number of benzene rings is 2. The molecule has 1 N–H and O–H groups in total. The summed E-state index contributed by atoms with van der Waals surface area (Å²) in [7, 11) is 1.90. The van der Waals surface area contributed by atoms with E-state index < -0.39 is 0 Å². The summed E-state index contributed by atoms with van der Waals surface area (Å²) < 4.78 is 13.4. The molecule has 0 aromatic heterocycles. The van der Waals surface area contributed by atoms with E-state index in [2.05, 4.69) is 17.4 Å². The molecule has 18 heavy (non-hydrogen) atoms. The van der Waals surface area contributed by atoms with Crippen LogP contribution in [0.1, 0.15) is 11.1 Å². The molecule has 0 unspecified atom stereocenters. The first-order valence-corrected chi connectivity index (χ1v) is 6.18. The van der Waals surface area contributed by atoms with Crippen LogP contribution in [-0.2, 0) is 6.54 Å². The Kier molecular flexibility index (Phi) is 4.00. The van der Waals surface area contributed by atoms with Crippen molar-refractivity contribution in [2.45, 2.75) is 13.5 Å². The molecule has 0 spiro atoms. The van der Waals surface area contributed by atoms with Crippen molar-refractivity contribution in [2.24, 2.45) is 0 Å². The molecule has 2 aromatic carbocycles. The fourth-order valence-corrected chi connectivity index (χ4v) is 2.23. The maximum absolute atomic E-state index is 13.4. The second-order valence-corrected chi connectivity index (χ2v) is 4.77. The molecule has 0 aliphatic heterocycles. The second-order valence-electron chi connectivity index (χ2n) is 4.34.